The highest BCUT2D eigenvalue weighted by Gasteiger charge is 2.30. The Morgan fingerprint density at radius 1 is 1.16 bits per heavy atom. The summed E-state index contributed by atoms with van der Waals surface area (Å²) in [4.78, 5) is 40.2. The lowest BCUT2D eigenvalue weighted by Gasteiger charge is -2.25. The summed E-state index contributed by atoms with van der Waals surface area (Å²) in [5.74, 6) is -1.48. The van der Waals surface area contributed by atoms with Gasteiger partial charge in [-0.2, -0.15) is 0 Å². The molecule has 1 aliphatic carbocycles. The number of aliphatic carboxylic acids is 1. The molecule has 1 aromatic rings. The summed E-state index contributed by atoms with van der Waals surface area (Å²) in [7, 11) is 0. The topological polar surface area (TPSA) is 96.4 Å². The summed E-state index contributed by atoms with van der Waals surface area (Å²) in [5, 5.41) is 11.9. The molecular formula is C19H26N2O4. The Labute approximate surface area is 148 Å². The fraction of sp³-hybridized carbons (Fsp3) is 0.579. The normalized spacial score (nSPS) is 20.8. The number of carboxylic acids is 1. The number of hydrogen-bond donors (Lipinski definition) is 2. The Kier molecular flexibility index (Phi) is 5.93. The molecule has 1 aromatic heterocycles. The molecule has 0 radical (unpaired) electrons. The minimum absolute atomic E-state index is 0.0571. The van der Waals surface area contributed by atoms with Crippen LogP contribution in [0, 0.1) is 11.8 Å². The molecule has 136 valence electrons. The molecule has 0 atom stereocenters. The third kappa shape index (κ3) is 5.37. The van der Waals surface area contributed by atoms with Gasteiger partial charge in [-0.05, 0) is 58.1 Å². The maximum Gasteiger partial charge on any atom is 0.306 e. The van der Waals surface area contributed by atoms with Gasteiger partial charge in [0.1, 0.15) is 11.5 Å². The van der Waals surface area contributed by atoms with Gasteiger partial charge in [0.2, 0.25) is 0 Å². The Hall–Kier alpha value is -2.24. The van der Waals surface area contributed by atoms with E-state index in [9.17, 15) is 14.4 Å². The predicted molar refractivity (Wildman–Crippen MR) is 93.3 cm³/mol. The van der Waals surface area contributed by atoms with Crippen LogP contribution in [0.1, 0.15) is 62.5 Å². The molecule has 1 aliphatic rings. The second-order valence-electron chi connectivity index (χ2n) is 7.75. The second kappa shape index (κ2) is 7.76. The van der Waals surface area contributed by atoms with Gasteiger partial charge in [-0.3, -0.25) is 19.4 Å². The van der Waals surface area contributed by atoms with Gasteiger partial charge < -0.3 is 10.4 Å². The van der Waals surface area contributed by atoms with Crippen molar-refractivity contribution in [2.75, 3.05) is 0 Å². The van der Waals surface area contributed by atoms with E-state index in [0.717, 1.165) is 0 Å². The molecule has 0 bridgehead atoms. The number of carboxylic acid groups (broad SMARTS) is 1. The average Bonchev–Trinajstić information content (AvgIpc) is 2.53. The van der Waals surface area contributed by atoms with Gasteiger partial charge in [0.25, 0.3) is 5.91 Å². The van der Waals surface area contributed by atoms with Crippen molar-refractivity contribution in [3.05, 3.63) is 29.6 Å². The number of nitrogens with one attached hydrogen (secondary N) is 1. The van der Waals surface area contributed by atoms with Gasteiger partial charge in [-0.25, -0.2) is 0 Å². The summed E-state index contributed by atoms with van der Waals surface area (Å²) in [6, 6.07) is 3.48. The van der Waals surface area contributed by atoms with Crippen LogP contribution in [0.15, 0.2) is 18.3 Å². The monoisotopic (exact) mass is 346 g/mol. The lowest BCUT2D eigenvalue weighted by molar-refractivity contribution is -0.144. The van der Waals surface area contributed by atoms with Crippen molar-refractivity contribution in [1.82, 2.24) is 10.3 Å². The molecule has 6 nitrogen and oxygen atoms in total. The predicted octanol–water partition coefficient (Wildman–Crippen LogP) is 2.61. The van der Waals surface area contributed by atoms with E-state index < -0.39 is 5.97 Å². The van der Waals surface area contributed by atoms with Crippen LogP contribution >= 0.6 is 0 Å². The number of Topliss-reactive ketones (excluding diaryl/α,β-unsaturated/α-hetero) is 1. The lowest BCUT2D eigenvalue weighted by Crippen LogP contribution is -2.41. The summed E-state index contributed by atoms with van der Waals surface area (Å²) in [5.41, 5.74) is 0.519. The molecule has 1 saturated carbocycles. The first-order chi connectivity index (χ1) is 11.7. The Balaban J connectivity index is 2.04. The Bertz CT molecular complexity index is 656. The van der Waals surface area contributed by atoms with E-state index in [-0.39, 0.29) is 41.2 Å². The van der Waals surface area contributed by atoms with Gasteiger partial charge in [-0.1, -0.05) is 6.07 Å². The standard InChI is InChI=1S/C19H26N2O4/c1-19(2,3)21-17(23)16-14(5-4-10-20-16)11-15(22)12-6-8-13(9-7-12)18(24)25/h4-5,10,12-13H,6-9,11H2,1-3H3,(H,21,23)(H,24,25). The largest absolute Gasteiger partial charge is 0.481 e. The summed E-state index contributed by atoms with van der Waals surface area (Å²) >= 11 is 0. The van der Waals surface area contributed by atoms with Crippen LogP contribution in [0.3, 0.4) is 0 Å². The van der Waals surface area contributed by atoms with Crippen molar-refractivity contribution >= 4 is 17.7 Å². The van der Waals surface area contributed by atoms with E-state index in [1.54, 1.807) is 18.3 Å². The first-order valence-electron chi connectivity index (χ1n) is 8.69. The summed E-state index contributed by atoms with van der Waals surface area (Å²) in [6.07, 6.45) is 3.97. The van der Waals surface area contributed by atoms with Crippen molar-refractivity contribution in [3.63, 3.8) is 0 Å². The summed E-state index contributed by atoms with van der Waals surface area (Å²) < 4.78 is 0. The van der Waals surface area contributed by atoms with Gasteiger partial charge in [-0.15, -0.1) is 0 Å². The van der Waals surface area contributed by atoms with E-state index in [1.165, 1.54) is 0 Å². The third-order valence-electron chi connectivity index (χ3n) is 4.49. The zero-order chi connectivity index (χ0) is 18.6. The van der Waals surface area contributed by atoms with E-state index in [4.69, 9.17) is 5.11 Å². The van der Waals surface area contributed by atoms with Crippen molar-refractivity contribution < 1.29 is 19.5 Å². The van der Waals surface area contributed by atoms with Gasteiger partial charge in [0.15, 0.2) is 0 Å². The minimum Gasteiger partial charge on any atom is -0.481 e. The SMILES string of the molecule is CC(C)(C)NC(=O)c1ncccc1CC(=O)C1CCC(C(=O)O)CC1. The van der Waals surface area contributed by atoms with Crippen molar-refractivity contribution in [3.8, 4) is 0 Å². The molecule has 1 heterocycles. The van der Waals surface area contributed by atoms with Crippen LogP contribution in [0.4, 0.5) is 0 Å². The van der Waals surface area contributed by atoms with E-state index in [1.807, 2.05) is 20.8 Å². The molecule has 6 heteroatoms. The lowest BCUT2D eigenvalue weighted by atomic mass is 9.79. The molecule has 0 spiro atoms. The molecule has 1 amide bonds. The van der Waals surface area contributed by atoms with Gasteiger partial charge in [0.05, 0.1) is 5.92 Å². The van der Waals surface area contributed by atoms with Gasteiger partial charge >= 0.3 is 5.97 Å². The average molecular weight is 346 g/mol. The number of rotatable bonds is 5. The molecule has 0 aliphatic heterocycles. The van der Waals surface area contributed by atoms with E-state index >= 15 is 0 Å². The highest BCUT2D eigenvalue weighted by atomic mass is 16.4. The first-order valence-corrected chi connectivity index (χ1v) is 8.69. The fourth-order valence-electron chi connectivity index (χ4n) is 3.18. The quantitative estimate of drug-likeness (QED) is 0.854. The van der Waals surface area contributed by atoms with E-state index in [0.29, 0.717) is 31.2 Å². The number of hydrogen-bond acceptors (Lipinski definition) is 4. The first kappa shape index (κ1) is 19.1. The Morgan fingerprint density at radius 2 is 1.76 bits per heavy atom. The highest BCUT2D eigenvalue weighted by molar-refractivity contribution is 5.96. The number of carbonyl (C=O) groups is 3. The molecule has 2 rings (SSSR count). The number of carbonyl (C=O) groups excluding carboxylic acids is 2. The van der Waals surface area contributed by atoms with Crippen LogP contribution in [0.2, 0.25) is 0 Å². The summed E-state index contributed by atoms with van der Waals surface area (Å²) in [6.45, 7) is 5.67. The zero-order valence-electron chi connectivity index (χ0n) is 15.0. The number of ketones is 1. The molecule has 2 N–H and O–H groups in total. The van der Waals surface area contributed by atoms with Crippen molar-refractivity contribution in [2.24, 2.45) is 11.8 Å². The zero-order valence-corrected chi connectivity index (χ0v) is 15.0. The highest BCUT2D eigenvalue weighted by Crippen LogP contribution is 2.30. The maximum absolute atomic E-state index is 12.6. The van der Waals surface area contributed by atoms with Crippen LogP contribution in [0.5, 0.6) is 0 Å². The van der Waals surface area contributed by atoms with Crippen molar-refractivity contribution in [1.29, 1.82) is 0 Å². The smallest absolute Gasteiger partial charge is 0.306 e. The molecule has 1 fully saturated rings. The number of aromatic nitrogens is 1. The number of amides is 1. The van der Waals surface area contributed by atoms with E-state index in [2.05, 4.69) is 10.3 Å². The van der Waals surface area contributed by atoms with Gasteiger partial charge in [0, 0.05) is 24.1 Å². The number of pyridine rings is 1. The molecule has 0 saturated heterocycles. The third-order valence-corrected chi connectivity index (χ3v) is 4.49. The minimum atomic E-state index is -0.778. The second-order valence-corrected chi connectivity index (χ2v) is 7.75. The van der Waals surface area contributed by atoms with Crippen molar-refractivity contribution in [2.45, 2.75) is 58.4 Å². The maximum atomic E-state index is 12.6. The molecule has 25 heavy (non-hydrogen) atoms. The van der Waals surface area contributed by atoms with Crippen LogP contribution in [0.25, 0.3) is 0 Å². The fourth-order valence-corrected chi connectivity index (χ4v) is 3.18. The number of nitrogens with zero attached hydrogens (tertiary/aromatic N) is 1. The van der Waals surface area contributed by atoms with Crippen LogP contribution in [-0.4, -0.2) is 33.3 Å². The Morgan fingerprint density at radius 3 is 2.32 bits per heavy atom. The van der Waals surface area contributed by atoms with Crippen LogP contribution < -0.4 is 5.32 Å². The molecule has 0 unspecified atom stereocenters. The molecule has 0 aromatic carbocycles. The van der Waals surface area contributed by atoms with Crippen LogP contribution in [-0.2, 0) is 16.0 Å². The molecular weight excluding hydrogens is 320 g/mol.